The van der Waals surface area contributed by atoms with Crippen LogP contribution in [0.4, 0.5) is 5.69 Å². The van der Waals surface area contributed by atoms with Gasteiger partial charge < -0.3 is 13.7 Å². The fourth-order valence-corrected chi connectivity index (χ4v) is 8.81. The first-order valence-corrected chi connectivity index (χ1v) is 18.3. The number of rotatable bonds is 4. The number of hydrogen-bond donors (Lipinski definition) is 0. The first kappa shape index (κ1) is 30.7. The quantitative estimate of drug-likeness (QED) is 0.169. The minimum Gasteiger partial charge on any atom is -0.309 e. The maximum Gasteiger partial charge on any atom is 0.197 e. The molecular weight excluding hydrogens is 671 g/mol. The fourth-order valence-electron chi connectivity index (χ4n) is 8.81. The highest BCUT2D eigenvalue weighted by molar-refractivity contribution is 6.15. The Kier molecular flexibility index (Phi) is 6.61. The maximum atomic E-state index is 9.95. The largest absolute Gasteiger partial charge is 0.309 e. The Morgan fingerprint density at radius 1 is 0.418 bits per heavy atom. The van der Waals surface area contributed by atoms with Crippen molar-refractivity contribution >= 4 is 71.1 Å². The maximum absolute atomic E-state index is 9.95. The summed E-state index contributed by atoms with van der Waals surface area (Å²) in [6, 6.07) is 63.4. The van der Waals surface area contributed by atoms with E-state index in [2.05, 4.69) is 170 Å². The summed E-state index contributed by atoms with van der Waals surface area (Å²) in [4.78, 5) is 4.19. The molecule has 0 radical (unpaired) electrons. The van der Waals surface area contributed by atoms with Crippen molar-refractivity contribution in [3.63, 3.8) is 0 Å². The van der Waals surface area contributed by atoms with E-state index in [9.17, 15) is 5.26 Å². The molecule has 0 spiro atoms. The molecule has 0 bridgehead atoms. The van der Waals surface area contributed by atoms with Crippen molar-refractivity contribution in [3.05, 3.63) is 193 Å². The van der Waals surface area contributed by atoms with E-state index in [4.69, 9.17) is 6.57 Å². The smallest absolute Gasteiger partial charge is 0.197 e. The second kappa shape index (κ2) is 11.8. The van der Waals surface area contributed by atoms with Gasteiger partial charge in [-0.15, -0.1) is 0 Å². The Labute approximate surface area is 316 Å². The van der Waals surface area contributed by atoms with Gasteiger partial charge in [0.05, 0.1) is 62.7 Å². The van der Waals surface area contributed by atoms with E-state index >= 15 is 0 Å². The lowest BCUT2D eigenvalue weighted by Gasteiger charge is -2.17. The van der Waals surface area contributed by atoms with E-state index in [1.807, 2.05) is 30.3 Å². The highest BCUT2D eigenvalue weighted by Crippen LogP contribution is 2.43. The van der Waals surface area contributed by atoms with E-state index in [1.165, 1.54) is 21.5 Å². The van der Waals surface area contributed by atoms with Crippen molar-refractivity contribution in [2.24, 2.45) is 0 Å². The number of nitrogens with zero attached hydrogens (tertiary/aromatic N) is 5. The first-order chi connectivity index (χ1) is 27.2. The highest BCUT2D eigenvalue weighted by atomic mass is 15.1. The van der Waals surface area contributed by atoms with Crippen LogP contribution in [0.25, 0.3) is 98.5 Å². The second-order valence-electron chi connectivity index (χ2n) is 13.9. The van der Waals surface area contributed by atoms with Crippen LogP contribution in [-0.2, 0) is 0 Å². The molecule has 11 aromatic rings. The normalized spacial score (nSPS) is 11.6. The Morgan fingerprint density at radius 3 is 1.53 bits per heavy atom. The lowest BCUT2D eigenvalue weighted by molar-refractivity contribution is 1.13. The Morgan fingerprint density at radius 2 is 0.927 bits per heavy atom. The average Bonchev–Trinajstić information content (AvgIpc) is 3.89. The summed E-state index contributed by atoms with van der Waals surface area (Å²) >= 11 is 0. The summed E-state index contributed by atoms with van der Waals surface area (Å²) in [5.74, 6) is 0. The molecule has 0 aliphatic carbocycles. The topological polar surface area (TPSA) is 42.9 Å². The molecule has 0 unspecified atom stereocenters. The number of nitriles is 1. The summed E-state index contributed by atoms with van der Waals surface area (Å²) < 4.78 is 6.93. The van der Waals surface area contributed by atoms with Gasteiger partial charge in [-0.05, 0) is 77.9 Å². The molecule has 3 aromatic heterocycles. The number of para-hydroxylation sites is 6. The van der Waals surface area contributed by atoms with Gasteiger partial charge in [0, 0.05) is 38.0 Å². The van der Waals surface area contributed by atoms with Crippen molar-refractivity contribution in [1.82, 2.24) is 13.7 Å². The molecule has 0 saturated heterocycles. The minimum atomic E-state index is 0.559. The van der Waals surface area contributed by atoms with Gasteiger partial charge in [-0.2, -0.15) is 5.26 Å². The van der Waals surface area contributed by atoms with Crippen LogP contribution in [0.15, 0.2) is 176 Å². The van der Waals surface area contributed by atoms with Gasteiger partial charge >= 0.3 is 0 Å². The van der Waals surface area contributed by atoms with Gasteiger partial charge in [0.25, 0.3) is 0 Å². The molecule has 0 amide bonds. The van der Waals surface area contributed by atoms with Crippen molar-refractivity contribution in [1.29, 1.82) is 5.26 Å². The van der Waals surface area contributed by atoms with Crippen LogP contribution < -0.4 is 0 Å². The summed E-state index contributed by atoms with van der Waals surface area (Å²) in [5, 5.41) is 16.7. The van der Waals surface area contributed by atoms with Crippen LogP contribution >= 0.6 is 0 Å². The molecule has 0 aliphatic rings. The van der Waals surface area contributed by atoms with Crippen LogP contribution in [-0.4, -0.2) is 13.7 Å². The Balaban J connectivity index is 1.19. The molecule has 55 heavy (non-hydrogen) atoms. The van der Waals surface area contributed by atoms with E-state index < -0.39 is 0 Å². The van der Waals surface area contributed by atoms with Crippen molar-refractivity contribution in [2.45, 2.75) is 0 Å². The third kappa shape index (κ3) is 4.39. The molecule has 0 N–H and O–H groups in total. The minimum absolute atomic E-state index is 0.559. The first-order valence-electron chi connectivity index (χ1n) is 18.3. The predicted octanol–water partition coefficient (Wildman–Crippen LogP) is 13.1. The Hall–Kier alpha value is -7.86. The number of benzene rings is 8. The molecule has 5 heteroatoms. The predicted molar refractivity (Wildman–Crippen MR) is 226 cm³/mol. The molecule has 11 rings (SSSR count). The lowest BCUT2D eigenvalue weighted by atomic mass is 10.0. The molecule has 0 fully saturated rings. The van der Waals surface area contributed by atoms with E-state index in [0.29, 0.717) is 11.3 Å². The molecule has 8 aromatic carbocycles. The van der Waals surface area contributed by atoms with Gasteiger partial charge in [0.2, 0.25) is 0 Å². The van der Waals surface area contributed by atoms with Crippen LogP contribution in [0.1, 0.15) is 5.56 Å². The van der Waals surface area contributed by atoms with Crippen molar-refractivity contribution < 1.29 is 0 Å². The highest BCUT2D eigenvalue weighted by Gasteiger charge is 2.22. The van der Waals surface area contributed by atoms with Gasteiger partial charge in [-0.3, -0.25) is 0 Å². The van der Waals surface area contributed by atoms with Crippen LogP contribution in [0.5, 0.6) is 0 Å². The molecule has 254 valence electrons. The zero-order valence-electron chi connectivity index (χ0n) is 29.5. The SMILES string of the molecule is [C-]#[N+]c1cc(-n2c3ccc(C#N)cc3c3cccc(-n4c5ccccc5c5ccccc54)c32)ccc1-c1ccccc1-n1c2ccccc2c2ccccc21. The molecular formula is C50H29N5. The molecule has 0 saturated carbocycles. The number of fused-ring (bicyclic) bond motifs is 9. The summed E-state index contributed by atoms with van der Waals surface area (Å²) in [6.45, 7) is 8.55. The molecule has 3 heterocycles. The van der Waals surface area contributed by atoms with Crippen molar-refractivity contribution in [3.8, 4) is 34.3 Å². The summed E-state index contributed by atoms with van der Waals surface area (Å²) in [7, 11) is 0. The monoisotopic (exact) mass is 699 g/mol. The van der Waals surface area contributed by atoms with E-state index in [0.717, 1.165) is 72.1 Å². The van der Waals surface area contributed by atoms with Crippen LogP contribution in [0, 0.1) is 17.9 Å². The van der Waals surface area contributed by atoms with Crippen LogP contribution in [0.3, 0.4) is 0 Å². The second-order valence-corrected chi connectivity index (χ2v) is 13.9. The van der Waals surface area contributed by atoms with E-state index in [-0.39, 0.29) is 0 Å². The lowest BCUT2D eigenvalue weighted by Crippen LogP contribution is -2.01. The average molecular weight is 700 g/mol. The van der Waals surface area contributed by atoms with Crippen LogP contribution in [0.2, 0.25) is 0 Å². The van der Waals surface area contributed by atoms with Gasteiger partial charge in [0.1, 0.15) is 0 Å². The molecule has 0 atom stereocenters. The third-order valence-corrected chi connectivity index (χ3v) is 11.1. The zero-order valence-corrected chi connectivity index (χ0v) is 29.5. The fraction of sp³-hybridized carbons (Fsp3) is 0. The number of hydrogen-bond acceptors (Lipinski definition) is 1. The van der Waals surface area contributed by atoms with Gasteiger partial charge in [0.15, 0.2) is 5.69 Å². The summed E-state index contributed by atoms with van der Waals surface area (Å²) in [6.07, 6.45) is 0. The van der Waals surface area contributed by atoms with Gasteiger partial charge in [-0.1, -0.05) is 109 Å². The Bertz CT molecular complexity index is 3360. The molecule has 5 nitrogen and oxygen atoms in total. The zero-order chi connectivity index (χ0) is 36.6. The molecule has 0 aliphatic heterocycles. The standard InChI is InChI=1S/C50H29N5/c1-52-42-30-33(26-27-34(42)35-13-2-7-19-43(35)54-44-20-8-3-14-36(44)37-15-4-9-21-45(37)54)53-48-28-25-32(31-51)29-41(48)40-18-12-24-49(50(40)53)55-46-22-10-5-16-38(46)39-17-6-11-23-47(39)55/h2-30H. The van der Waals surface area contributed by atoms with Crippen molar-refractivity contribution in [2.75, 3.05) is 0 Å². The number of aromatic nitrogens is 3. The van der Waals surface area contributed by atoms with Gasteiger partial charge in [-0.25, -0.2) is 4.85 Å². The third-order valence-electron chi connectivity index (χ3n) is 11.1. The summed E-state index contributed by atoms with van der Waals surface area (Å²) in [5.41, 5.74) is 12.4. The van der Waals surface area contributed by atoms with E-state index in [1.54, 1.807) is 0 Å².